The van der Waals surface area contributed by atoms with Crippen LogP contribution in [0.15, 0.2) is 54.6 Å². The van der Waals surface area contributed by atoms with E-state index < -0.39 is 0 Å². The van der Waals surface area contributed by atoms with Gasteiger partial charge in [-0.05, 0) is 53.7 Å². The Morgan fingerprint density at radius 1 is 0.667 bits per heavy atom. The van der Waals surface area contributed by atoms with Gasteiger partial charge in [0.25, 0.3) is 0 Å². The van der Waals surface area contributed by atoms with Crippen LogP contribution in [0.3, 0.4) is 0 Å². The molecule has 0 radical (unpaired) electrons. The molecular formula is C24H36. The molecule has 0 amide bonds. The predicted molar refractivity (Wildman–Crippen MR) is 109 cm³/mol. The molecule has 0 spiro atoms. The quantitative estimate of drug-likeness (QED) is 0.558. The Balaban J connectivity index is 0.000000240. The third-order valence-corrected chi connectivity index (χ3v) is 3.99. The number of aryl methyl sites for hydroxylation is 2. The molecule has 0 saturated heterocycles. The average Bonchev–Trinajstić information content (AvgIpc) is 2.47. The zero-order valence-corrected chi connectivity index (χ0v) is 16.8. The SMILES string of the molecule is CC(C)(C)CCc1ccccc1.Cc1ccccc1CC(C)(C)C. The van der Waals surface area contributed by atoms with Gasteiger partial charge in [-0.25, -0.2) is 0 Å². The zero-order chi connectivity index (χ0) is 18.2. The first-order valence-corrected chi connectivity index (χ1v) is 9.15. The van der Waals surface area contributed by atoms with Crippen molar-refractivity contribution >= 4 is 0 Å². The van der Waals surface area contributed by atoms with Crippen LogP contribution in [0.5, 0.6) is 0 Å². The Morgan fingerprint density at radius 3 is 1.71 bits per heavy atom. The Hall–Kier alpha value is -1.56. The molecule has 0 saturated carbocycles. The summed E-state index contributed by atoms with van der Waals surface area (Å²) in [4.78, 5) is 0. The van der Waals surface area contributed by atoms with Crippen molar-refractivity contribution in [1.29, 1.82) is 0 Å². The van der Waals surface area contributed by atoms with Crippen LogP contribution >= 0.6 is 0 Å². The average molecular weight is 325 g/mol. The maximum Gasteiger partial charge on any atom is -0.0227 e. The summed E-state index contributed by atoms with van der Waals surface area (Å²) in [5.41, 5.74) is 5.19. The molecule has 0 atom stereocenters. The molecule has 0 heterocycles. The van der Waals surface area contributed by atoms with Crippen molar-refractivity contribution in [1.82, 2.24) is 0 Å². The minimum absolute atomic E-state index is 0.395. The van der Waals surface area contributed by atoms with E-state index in [2.05, 4.69) is 103 Å². The molecule has 0 N–H and O–H groups in total. The smallest absolute Gasteiger partial charge is 0.0227 e. The summed E-state index contributed by atoms with van der Waals surface area (Å²) in [6, 6.07) is 19.3. The monoisotopic (exact) mass is 324 g/mol. The van der Waals surface area contributed by atoms with Crippen molar-refractivity contribution in [3.05, 3.63) is 71.3 Å². The molecule has 0 aliphatic rings. The van der Waals surface area contributed by atoms with Crippen LogP contribution in [-0.2, 0) is 12.8 Å². The van der Waals surface area contributed by atoms with Crippen molar-refractivity contribution in [3.8, 4) is 0 Å². The van der Waals surface area contributed by atoms with E-state index >= 15 is 0 Å². The molecule has 0 bridgehead atoms. The molecule has 0 fully saturated rings. The van der Waals surface area contributed by atoms with Gasteiger partial charge < -0.3 is 0 Å². The van der Waals surface area contributed by atoms with Gasteiger partial charge in [0.2, 0.25) is 0 Å². The Bertz CT molecular complexity index is 579. The van der Waals surface area contributed by atoms with Crippen molar-refractivity contribution < 1.29 is 0 Å². The fourth-order valence-corrected chi connectivity index (χ4v) is 2.54. The van der Waals surface area contributed by atoms with Crippen LogP contribution < -0.4 is 0 Å². The molecule has 2 aromatic carbocycles. The first-order chi connectivity index (χ1) is 11.1. The normalized spacial score (nSPS) is 11.6. The van der Waals surface area contributed by atoms with Gasteiger partial charge in [0.1, 0.15) is 0 Å². The van der Waals surface area contributed by atoms with E-state index in [0.29, 0.717) is 10.8 Å². The topological polar surface area (TPSA) is 0 Å². The van der Waals surface area contributed by atoms with E-state index in [1.54, 1.807) is 0 Å². The van der Waals surface area contributed by atoms with Crippen LogP contribution in [0.2, 0.25) is 0 Å². The molecule has 132 valence electrons. The van der Waals surface area contributed by atoms with Gasteiger partial charge in [-0.3, -0.25) is 0 Å². The van der Waals surface area contributed by atoms with E-state index in [9.17, 15) is 0 Å². The standard InChI is InChI=1S/2C12H18/c1-10-7-5-6-8-11(10)9-12(2,3)4;1-12(2,3)10-9-11-7-5-4-6-8-11/h5-8H,9H2,1-4H3;4-8H,9-10H2,1-3H3. The Kier molecular flexibility index (Phi) is 7.73. The number of hydrogen-bond donors (Lipinski definition) is 0. The van der Waals surface area contributed by atoms with E-state index in [1.807, 2.05) is 0 Å². The van der Waals surface area contributed by atoms with Crippen LogP contribution in [0.1, 0.15) is 64.7 Å². The van der Waals surface area contributed by atoms with Crippen molar-refractivity contribution in [2.45, 2.75) is 67.7 Å². The zero-order valence-electron chi connectivity index (χ0n) is 16.8. The Labute approximate surface area is 150 Å². The summed E-state index contributed by atoms with van der Waals surface area (Å²) in [5, 5.41) is 0. The van der Waals surface area contributed by atoms with Gasteiger partial charge in [-0.1, -0.05) is 96.1 Å². The molecule has 0 aliphatic heterocycles. The van der Waals surface area contributed by atoms with Crippen molar-refractivity contribution in [2.75, 3.05) is 0 Å². The lowest BCUT2D eigenvalue weighted by atomic mass is 9.86. The van der Waals surface area contributed by atoms with Gasteiger partial charge in [0.15, 0.2) is 0 Å². The maximum atomic E-state index is 2.29. The van der Waals surface area contributed by atoms with Gasteiger partial charge in [-0.2, -0.15) is 0 Å². The lowest BCUT2D eigenvalue weighted by Gasteiger charge is -2.19. The van der Waals surface area contributed by atoms with Gasteiger partial charge in [-0.15, -0.1) is 0 Å². The minimum atomic E-state index is 0.395. The van der Waals surface area contributed by atoms with E-state index in [-0.39, 0.29) is 0 Å². The summed E-state index contributed by atoms with van der Waals surface area (Å²) >= 11 is 0. The van der Waals surface area contributed by atoms with Gasteiger partial charge in [0, 0.05) is 0 Å². The molecule has 0 nitrogen and oxygen atoms in total. The highest BCUT2D eigenvalue weighted by atomic mass is 14.2. The maximum absolute atomic E-state index is 2.29. The summed E-state index contributed by atoms with van der Waals surface area (Å²) in [6.07, 6.45) is 3.63. The van der Waals surface area contributed by atoms with Gasteiger partial charge in [0.05, 0.1) is 0 Å². The molecule has 0 unspecified atom stereocenters. The van der Waals surface area contributed by atoms with E-state index in [1.165, 1.54) is 36.0 Å². The highest BCUT2D eigenvalue weighted by Crippen LogP contribution is 2.22. The third kappa shape index (κ3) is 9.55. The van der Waals surface area contributed by atoms with Crippen LogP contribution in [0.25, 0.3) is 0 Å². The first kappa shape index (κ1) is 20.5. The van der Waals surface area contributed by atoms with Crippen LogP contribution in [0.4, 0.5) is 0 Å². The molecule has 24 heavy (non-hydrogen) atoms. The third-order valence-electron chi connectivity index (χ3n) is 3.99. The fraction of sp³-hybridized carbons (Fsp3) is 0.500. The second-order valence-corrected chi connectivity index (χ2v) is 9.21. The van der Waals surface area contributed by atoms with Crippen molar-refractivity contribution in [2.24, 2.45) is 10.8 Å². The highest BCUT2D eigenvalue weighted by Gasteiger charge is 2.11. The second-order valence-electron chi connectivity index (χ2n) is 9.21. The number of hydrogen-bond acceptors (Lipinski definition) is 0. The van der Waals surface area contributed by atoms with Crippen LogP contribution in [0, 0.1) is 17.8 Å². The molecule has 2 rings (SSSR count). The largest absolute Gasteiger partial charge is 0.0622 e. The highest BCUT2D eigenvalue weighted by molar-refractivity contribution is 5.26. The number of rotatable bonds is 3. The summed E-state index contributed by atoms with van der Waals surface area (Å²) in [7, 11) is 0. The van der Waals surface area contributed by atoms with Gasteiger partial charge >= 0.3 is 0 Å². The Morgan fingerprint density at radius 2 is 1.21 bits per heavy atom. The van der Waals surface area contributed by atoms with E-state index in [4.69, 9.17) is 0 Å². The summed E-state index contributed by atoms with van der Waals surface area (Å²) < 4.78 is 0. The van der Waals surface area contributed by atoms with Crippen molar-refractivity contribution in [3.63, 3.8) is 0 Å². The first-order valence-electron chi connectivity index (χ1n) is 9.15. The second kappa shape index (κ2) is 9.06. The van der Waals surface area contributed by atoms with E-state index in [0.717, 1.165) is 0 Å². The summed E-state index contributed by atoms with van der Waals surface area (Å²) in [6.45, 7) is 15.9. The molecule has 0 heteroatoms. The lowest BCUT2D eigenvalue weighted by Crippen LogP contribution is -2.09. The molecule has 0 aliphatic carbocycles. The molecule has 0 aromatic heterocycles. The predicted octanol–water partition coefficient (Wildman–Crippen LogP) is 7.25. The summed E-state index contributed by atoms with van der Waals surface area (Å²) in [5.74, 6) is 0. The molecule has 2 aromatic rings. The number of benzene rings is 2. The minimum Gasteiger partial charge on any atom is -0.0622 e. The molecular weight excluding hydrogens is 288 g/mol. The van der Waals surface area contributed by atoms with Crippen LogP contribution in [-0.4, -0.2) is 0 Å². The fourth-order valence-electron chi connectivity index (χ4n) is 2.54. The lowest BCUT2D eigenvalue weighted by molar-refractivity contribution is 0.378.